The molecule has 0 aromatic heterocycles. The number of rotatable bonds is 5. The van der Waals surface area contributed by atoms with Gasteiger partial charge in [0.05, 0.1) is 19.0 Å². The SMILES string of the molecule is CCCC(N)=NCCC(=O)N1CCOCC1. The highest BCUT2D eigenvalue weighted by Crippen LogP contribution is 2.00. The zero-order valence-corrected chi connectivity index (χ0v) is 9.95. The Balaban J connectivity index is 2.21. The van der Waals surface area contributed by atoms with Gasteiger partial charge in [0, 0.05) is 32.5 Å². The van der Waals surface area contributed by atoms with Gasteiger partial charge in [-0.25, -0.2) is 0 Å². The van der Waals surface area contributed by atoms with Crippen LogP contribution in [-0.4, -0.2) is 49.5 Å². The number of hydrogen-bond donors (Lipinski definition) is 1. The normalized spacial score (nSPS) is 17.6. The van der Waals surface area contributed by atoms with Crippen LogP contribution in [-0.2, 0) is 9.53 Å². The van der Waals surface area contributed by atoms with Crippen molar-refractivity contribution in [2.75, 3.05) is 32.8 Å². The molecule has 1 saturated heterocycles. The monoisotopic (exact) mass is 227 g/mol. The van der Waals surface area contributed by atoms with Crippen molar-refractivity contribution in [1.29, 1.82) is 0 Å². The molecular formula is C11H21N3O2. The van der Waals surface area contributed by atoms with Gasteiger partial charge < -0.3 is 15.4 Å². The van der Waals surface area contributed by atoms with E-state index >= 15 is 0 Å². The second-order valence-corrected chi connectivity index (χ2v) is 3.87. The number of hydrogen-bond acceptors (Lipinski definition) is 3. The van der Waals surface area contributed by atoms with Crippen LogP contribution in [0.4, 0.5) is 0 Å². The summed E-state index contributed by atoms with van der Waals surface area (Å²) >= 11 is 0. The molecule has 0 atom stereocenters. The van der Waals surface area contributed by atoms with E-state index in [9.17, 15) is 4.79 Å². The summed E-state index contributed by atoms with van der Waals surface area (Å²) in [6.45, 7) is 5.25. The Morgan fingerprint density at radius 3 is 2.69 bits per heavy atom. The van der Waals surface area contributed by atoms with Gasteiger partial charge in [0.1, 0.15) is 0 Å². The van der Waals surface area contributed by atoms with Gasteiger partial charge in [-0.15, -0.1) is 0 Å². The van der Waals surface area contributed by atoms with E-state index in [1.54, 1.807) is 0 Å². The van der Waals surface area contributed by atoms with E-state index in [-0.39, 0.29) is 5.91 Å². The number of ether oxygens (including phenoxy) is 1. The number of nitrogens with zero attached hydrogens (tertiary/aromatic N) is 2. The molecule has 0 spiro atoms. The Bertz CT molecular complexity index is 248. The molecule has 1 aliphatic rings. The minimum absolute atomic E-state index is 0.149. The Morgan fingerprint density at radius 1 is 1.38 bits per heavy atom. The van der Waals surface area contributed by atoms with Crippen molar-refractivity contribution in [2.45, 2.75) is 26.2 Å². The highest BCUT2D eigenvalue weighted by atomic mass is 16.5. The number of morpholine rings is 1. The molecule has 5 nitrogen and oxygen atoms in total. The van der Waals surface area contributed by atoms with Crippen molar-refractivity contribution in [3.8, 4) is 0 Å². The van der Waals surface area contributed by atoms with Crippen molar-refractivity contribution in [2.24, 2.45) is 10.7 Å². The zero-order chi connectivity index (χ0) is 11.8. The third-order valence-corrected chi connectivity index (χ3v) is 2.51. The Hall–Kier alpha value is -1.10. The third kappa shape index (κ3) is 4.61. The van der Waals surface area contributed by atoms with E-state index in [4.69, 9.17) is 10.5 Å². The maximum Gasteiger partial charge on any atom is 0.224 e. The van der Waals surface area contributed by atoms with Crippen molar-refractivity contribution in [1.82, 2.24) is 4.90 Å². The molecule has 92 valence electrons. The summed E-state index contributed by atoms with van der Waals surface area (Å²) in [5.41, 5.74) is 5.65. The number of carbonyl (C=O) groups excluding carboxylic acids is 1. The van der Waals surface area contributed by atoms with Gasteiger partial charge in [0.25, 0.3) is 0 Å². The summed E-state index contributed by atoms with van der Waals surface area (Å²) in [6.07, 6.45) is 2.25. The fourth-order valence-electron chi connectivity index (χ4n) is 1.60. The molecule has 5 heteroatoms. The standard InChI is InChI=1S/C11H21N3O2/c1-2-3-10(12)13-5-4-11(15)14-6-8-16-9-7-14/h2-9H2,1H3,(H2,12,13). The van der Waals surface area contributed by atoms with E-state index in [1.807, 2.05) is 4.90 Å². The van der Waals surface area contributed by atoms with Crippen LogP contribution in [0.2, 0.25) is 0 Å². The summed E-state index contributed by atoms with van der Waals surface area (Å²) in [5.74, 6) is 0.800. The van der Waals surface area contributed by atoms with Gasteiger partial charge >= 0.3 is 0 Å². The molecule has 1 amide bonds. The number of nitrogens with two attached hydrogens (primary N) is 1. The maximum atomic E-state index is 11.7. The molecule has 0 unspecified atom stereocenters. The Kier molecular flexibility index (Phi) is 5.85. The van der Waals surface area contributed by atoms with E-state index < -0.39 is 0 Å². The topological polar surface area (TPSA) is 67.9 Å². The molecule has 0 aliphatic carbocycles. The fraction of sp³-hybridized carbons (Fsp3) is 0.818. The lowest BCUT2D eigenvalue weighted by atomic mass is 10.3. The average molecular weight is 227 g/mol. The smallest absolute Gasteiger partial charge is 0.224 e. The van der Waals surface area contributed by atoms with Crippen molar-refractivity contribution in [3.63, 3.8) is 0 Å². The molecule has 1 heterocycles. The Morgan fingerprint density at radius 2 is 2.06 bits per heavy atom. The third-order valence-electron chi connectivity index (χ3n) is 2.51. The first-order valence-corrected chi connectivity index (χ1v) is 5.88. The number of amidine groups is 1. The number of aliphatic imine (C=N–C) groups is 1. The first-order valence-electron chi connectivity index (χ1n) is 5.88. The molecule has 2 N–H and O–H groups in total. The van der Waals surface area contributed by atoms with E-state index in [0.717, 1.165) is 12.8 Å². The van der Waals surface area contributed by atoms with Gasteiger partial charge in [0.2, 0.25) is 5.91 Å². The van der Waals surface area contributed by atoms with Gasteiger partial charge in [-0.05, 0) is 6.42 Å². The number of carbonyl (C=O) groups is 1. The molecular weight excluding hydrogens is 206 g/mol. The molecule has 0 aromatic rings. The summed E-state index contributed by atoms with van der Waals surface area (Å²) in [4.78, 5) is 17.7. The van der Waals surface area contributed by atoms with E-state index in [2.05, 4.69) is 11.9 Å². The van der Waals surface area contributed by atoms with Gasteiger partial charge in [0.15, 0.2) is 0 Å². The molecule has 1 fully saturated rings. The van der Waals surface area contributed by atoms with Crippen LogP contribution in [0.5, 0.6) is 0 Å². The highest BCUT2D eigenvalue weighted by Gasteiger charge is 2.15. The summed E-state index contributed by atoms with van der Waals surface area (Å²) in [5, 5.41) is 0. The first kappa shape index (κ1) is 13.0. The predicted molar refractivity (Wildman–Crippen MR) is 63.4 cm³/mol. The molecule has 1 rings (SSSR count). The maximum absolute atomic E-state index is 11.7. The van der Waals surface area contributed by atoms with Crippen LogP contribution in [0.15, 0.2) is 4.99 Å². The summed E-state index contributed by atoms with van der Waals surface area (Å²) in [7, 11) is 0. The van der Waals surface area contributed by atoms with Crippen molar-refractivity contribution in [3.05, 3.63) is 0 Å². The van der Waals surface area contributed by atoms with Crippen LogP contribution in [0, 0.1) is 0 Å². The molecule has 0 aromatic carbocycles. The van der Waals surface area contributed by atoms with Crippen molar-refractivity contribution >= 4 is 11.7 Å². The highest BCUT2D eigenvalue weighted by molar-refractivity contribution is 5.81. The lowest BCUT2D eigenvalue weighted by molar-refractivity contribution is -0.135. The summed E-state index contributed by atoms with van der Waals surface area (Å²) < 4.78 is 5.18. The lowest BCUT2D eigenvalue weighted by Crippen LogP contribution is -2.40. The Labute approximate surface area is 96.7 Å². The zero-order valence-electron chi connectivity index (χ0n) is 9.95. The van der Waals surface area contributed by atoms with Gasteiger partial charge in [-0.3, -0.25) is 9.79 Å². The van der Waals surface area contributed by atoms with Crippen LogP contribution in [0.3, 0.4) is 0 Å². The molecule has 16 heavy (non-hydrogen) atoms. The average Bonchev–Trinajstić information content (AvgIpc) is 2.30. The molecule has 0 saturated carbocycles. The summed E-state index contributed by atoms with van der Waals surface area (Å²) in [6, 6.07) is 0. The minimum atomic E-state index is 0.149. The number of amides is 1. The first-order chi connectivity index (χ1) is 7.74. The second-order valence-electron chi connectivity index (χ2n) is 3.87. The van der Waals surface area contributed by atoms with Crippen LogP contribution in [0.1, 0.15) is 26.2 Å². The largest absolute Gasteiger partial charge is 0.387 e. The van der Waals surface area contributed by atoms with Crippen LogP contribution in [0.25, 0.3) is 0 Å². The quantitative estimate of drug-likeness (QED) is 0.546. The molecule has 0 bridgehead atoms. The molecule has 0 radical (unpaired) electrons. The van der Waals surface area contributed by atoms with E-state index in [0.29, 0.717) is 45.1 Å². The minimum Gasteiger partial charge on any atom is -0.387 e. The van der Waals surface area contributed by atoms with Gasteiger partial charge in [-0.2, -0.15) is 0 Å². The predicted octanol–water partition coefficient (Wildman–Crippen LogP) is 0.393. The fourth-order valence-corrected chi connectivity index (χ4v) is 1.60. The lowest BCUT2D eigenvalue weighted by Gasteiger charge is -2.26. The van der Waals surface area contributed by atoms with E-state index in [1.165, 1.54) is 0 Å². The van der Waals surface area contributed by atoms with Gasteiger partial charge in [-0.1, -0.05) is 6.92 Å². The van der Waals surface area contributed by atoms with Crippen molar-refractivity contribution < 1.29 is 9.53 Å². The van der Waals surface area contributed by atoms with Crippen LogP contribution < -0.4 is 5.73 Å². The second kappa shape index (κ2) is 7.22. The van der Waals surface area contributed by atoms with Crippen LogP contribution >= 0.6 is 0 Å². The molecule has 1 aliphatic heterocycles.